The average molecular weight is 579 g/mol. The molecule has 2 aromatic carbocycles. The smallest absolute Gasteiger partial charge is 0.425 e. The van der Waals surface area contributed by atoms with Crippen molar-refractivity contribution in [1.29, 1.82) is 0 Å². The SMILES string of the molecule is C[C@@H](Oc1ccc(Nc2nc(=O)n(CC(=O)CCC(F)(F)F)c(=O)n2Cc2ccc(Cl)cc2)cc1)C(F)(F)F. The summed E-state index contributed by atoms with van der Waals surface area (Å²) in [5.74, 6) is -1.36. The van der Waals surface area contributed by atoms with Crippen molar-refractivity contribution >= 4 is 29.0 Å². The molecule has 0 bridgehead atoms. The first kappa shape index (κ1) is 29.7. The summed E-state index contributed by atoms with van der Waals surface area (Å²) in [6, 6.07) is 11.3. The van der Waals surface area contributed by atoms with Gasteiger partial charge in [0.1, 0.15) is 5.75 Å². The third-order valence-corrected chi connectivity index (χ3v) is 5.56. The van der Waals surface area contributed by atoms with E-state index >= 15 is 0 Å². The predicted octanol–water partition coefficient (Wildman–Crippen LogP) is 5.09. The number of alkyl halides is 6. The van der Waals surface area contributed by atoms with Crippen LogP contribution in [-0.4, -0.2) is 38.4 Å². The van der Waals surface area contributed by atoms with E-state index in [1.807, 2.05) is 0 Å². The molecule has 0 aliphatic carbocycles. The molecule has 0 radical (unpaired) electrons. The summed E-state index contributed by atoms with van der Waals surface area (Å²) in [5.41, 5.74) is -1.46. The maximum absolute atomic E-state index is 13.2. The van der Waals surface area contributed by atoms with Crippen molar-refractivity contribution < 1.29 is 35.9 Å². The molecule has 0 aliphatic heterocycles. The Morgan fingerprint density at radius 3 is 2.18 bits per heavy atom. The Bertz CT molecular complexity index is 1420. The number of anilines is 2. The number of ketones is 1. The molecule has 0 unspecified atom stereocenters. The maximum Gasteiger partial charge on any atom is 0.425 e. The number of hydrogen-bond donors (Lipinski definition) is 1. The zero-order chi connectivity index (χ0) is 29.0. The molecule has 1 atom stereocenters. The van der Waals surface area contributed by atoms with Gasteiger partial charge in [0, 0.05) is 17.1 Å². The Labute approximate surface area is 221 Å². The fourth-order valence-corrected chi connectivity index (χ4v) is 3.35. The number of rotatable bonds is 10. The minimum atomic E-state index is -4.59. The number of halogens is 7. The first-order valence-electron chi connectivity index (χ1n) is 11.3. The summed E-state index contributed by atoms with van der Waals surface area (Å²) >= 11 is 5.89. The molecule has 0 spiro atoms. The summed E-state index contributed by atoms with van der Waals surface area (Å²) in [7, 11) is 0. The monoisotopic (exact) mass is 578 g/mol. The van der Waals surface area contributed by atoms with Gasteiger partial charge in [-0.15, -0.1) is 0 Å². The Balaban J connectivity index is 1.93. The molecular weight excluding hydrogens is 558 g/mol. The highest BCUT2D eigenvalue weighted by molar-refractivity contribution is 6.30. The van der Waals surface area contributed by atoms with Gasteiger partial charge in [0.25, 0.3) is 0 Å². The first-order valence-corrected chi connectivity index (χ1v) is 11.7. The van der Waals surface area contributed by atoms with Crippen molar-refractivity contribution in [1.82, 2.24) is 14.1 Å². The Kier molecular flexibility index (Phi) is 9.10. The molecule has 1 aromatic heterocycles. The first-order chi connectivity index (χ1) is 18.1. The quantitative estimate of drug-likeness (QED) is 0.337. The van der Waals surface area contributed by atoms with Crippen LogP contribution in [0, 0.1) is 0 Å². The van der Waals surface area contributed by atoms with Gasteiger partial charge in [0.05, 0.1) is 19.5 Å². The van der Waals surface area contributed by atoms with E-state index in [1.54, 1.807) is 24.3 Å². The van der Waals surface area contributed by atoms with E-state index in [1.165, 1.54) is 24.3 Å². The number of nitrogens with one attached hydrogen (secondary N) is 1. The number of nitrogens with zero attached hydrogens (tertiary/aromatic N) is 3. The summed E-state index contributed by atoms with van der Waals surface area (Å²) in [6.07, 6.45) is -13.6. The second-order valence-electron chi connectivity index (χ2n) is 8.40. The molecule has 0 fully saturated rings. The number of ether oxygens (including phenoxy) is 1. The van der Waals surface area contributed by atoms with Crippen molar-refractivity contribution in [3.05, 3.63) is 80.1 Å². The van der Waals surface area contributed by atoms with E-state index in [9.17, 15) is 40.7 Å². The second-order valence-corrected chi connectivity index (χ2v) is 8.84. The topological polar surface area (TPSA) is 95.2 Å². The normalized spacial score (nSPS) is 12.7. The van der Waals surface area contributed by atoms with Crippen LogP contribution in [-0.2, 0) is 17.9 Å². The van der Waals surface area contributed by atoms with Gasteiger partial charge in [-0.1, -0.05) is 23.7 Å². The van der Waals surface area contributed by atoms with E-state index in [0.29, 0.717) is 15.2 Å². The molecule has 0 aliphatic rings. The van der Waals surface area contributed by atoms with Gasteiger partial charge in [0.2, 0.25) is 5.95 Å². The van der Waals surface area contributed by atoms with Crippen molar-refractivity contribution in [2.75, 3.05) is 5.32 Å². The lowest BCUT2D eigenvalue weighted by Gasteiger charge is -2.18. The molecule has 39 heavy (non-hydrogen) atoms. The molecule has 1 N–H and O–H groups in total. The lowest BCUT2D eigenvalue weighted by atomic mass is 10.2. The van der Waals surface area contributed by atoms with Crippen molar-refractivity contribution in [2.24, 2.45) is 0 Å². The fraction of sp³-hybridized carbons (Fsp3) is 0.333. The fourth-order valence-electron chi connectivity index (χ4n) is 3.23. The number of benzene rings is 2. The van der Waals surface area contributed by atoms with Gasteiger partial charge >= 0.3 is 23.7 Å². The minimum Gasteiger partial charge on any atom is -0.481 e. The highest BCUT2D eigenvalue weighted by Gasteiger charge is 2.38. The molecule has 3 aromatic rings. The van der Waals surface area contributed by atoms with Crippen LogP contribution < -0.4 is 21.4 Å². The molecule has 3 rings (SSSR count). The van der Waals surface area contributed by atoms with Crippen molar-refractivity contribution in [3.63, 3.8) is 0 Å². The van der Waals surface area contributed by atoms with Crippen molar-refractivity contribution in [3.8, 4) is 5.75 Å². The van der Waals surface area contributed by atoms with Crippen LogP contribution >= 0.6 is 11.6 Å². The van der Waals surface area contributed by atoms with E-state index < -0.39 is 55.0 Å². The van der Waals surface area contributed by atoms with Crippen LogP contribution in [0.15, 0.2) is 58.1 Å². The molecule has 0 saturated carbocycles. The number of Topliss-reactive ketones (excluding diaryl/α,β-unsaturated/α-hetero) is 1. The van der Waals surface area contributed by atoms with Gasteiger partial charge in [-0.3, -0.25) is 9.36 Å². The third-order valence-electron chi connectivity index (χ3n) is 5.31. The summed E-state index contributed by atoms with van der Waals surface area (Å²) in [6.45, 7) is -0.244. The van der Waals surface area contributed by atoms with E-state index in [-0.39, 0.29) is 23.9 Å². The molecule has 1 heterocycles. The van der Waals surface area contributed by atoms with E-state index in [2.05, 4.69) is 10.3 Å². The molecule has 8 nitrogen and oxygen atoms in total. The lowest BCUT2D eigenvalue weighted by molar-refractivity contribution is -0.189. The van der Waals surface area contributed by atoms with E-state index in [4.69, 9.17) is 16.3 Å². The van der Waals surface area contributed by atoms with Crippen LogP contribution in [0.5, 0.6) is 5.75 Å². The second kappa shape index (κ2) is 11.9. The van der Waals surface area contributed by atoms with Gasteiger partial charge < -0.3 is 10.1 Å². The van der Waals surface area contributed by atoms with Crippen LogP contribution in [0.4, 0.5) is 38.0 Å². The van der Waals surface area contributed by atoms with Crippen LogP contribution in [0.25, 0.3) is 0 Å². The number of carbonyl (C=O) groups is 1. The molecule has 0 amide bonds. The summed E-state index contributed by atoms with van der Waals surface area (Å²) < 4.78 is 81.9. The molecule has 0 saturated heterocycles. The molecule has 210 valence electrons. The number of carbonyl (C=O) groups excluding carboxylic acids is 1. The van der Waals surface area contributed by atoms with Gasteiger partial charge in [-0.25, -0.2) is 14.2 Å². The van der Waals surface area contributed by atoms with Crippen LogP contribution in [0.3, 0.4) is 0 Å². The predicted molar refractivity (Wildman–Crippen MR) is 129 cm³/mol. The summed E-state index contributed by atoms with van der Waals surface area (Å²) in [5, 5.41) is 3.13. The highest BCUT2D eigenvalue weighted by Crippen LogP contribution is 2.26. The molecular formula is C24H21ClF6N4O4. The van der Waals surface area contributed by atoms with Crippen molar-refractivity contribution in [2.45, 2.75) is 51.3 Å². The molecule has 15 heteroatoms. The van der Waals surface area contributed by atoms with Crippen LogP contribution in [0.2, 0.25) is 5.02 Å². The van der Waals surface area contributed by atoms with Gasteiger partial charge in [0.15, 0.2) is 11.9 Å². The van der Waals surface area contributed by atoms with Crippen LogP contribution in [0.1, 0.15) is 25.3 Å². The maximum atomic E-state index is 13.2. The number of hydrogen-bond acceptors (Lipinski definition) is 6. The third kappa shape index (κ3) is 8.60. The van der Waals surface area contributed by atoms with Gasteiger partial charge in [-0.05, 0) is 48.9 Å². The number of aromatic nitrogens is 3. The average Bonchev–Trinajstić information content (AvgIpc) is 2.84. The summed E-state index contributed by atoms with van der Waals surface area (Å²) in [4.78, 5) is 41.6. The lowest BCUT2D eigenvalue weighted by Crippen LogP contribution is -2.44. The zero-order valence-electron chi connectivity index (χ0n) is 20.1. The standard InChI is InChI=1S/C24H21ClF6N4O4/c1-14(24(29,30)31)39-19-8-6-17(7-9-19)32-20-33-21(37)35(13-18(36)10-11-23(26,27)28)22(38)34(20)12-15-2-4-16(25)5-3-15/h2-9,14H,10-13H2,1H3,(H,32,33,37)/t14-/m1/s1. The Hall–Kier alpha value is -3.81. The Morgan fingerprint density at radius 2 is 1.62 bits per heavy atom. The largest absolute Gasteiger partial charge is 0.481 e. The minimum absolute atomic E-state index is 0.0929. The highest BCUT2D eigenvalue weighted by atomic mass is 35.5. The Morgan fingerprint density at radius 1 is 1.00 bits per heavy atom. The van der Waals surface area contributed by atoms with E-state index in [0.717, 1.165) is 11.5 Å². The van der Waals surface area contributed by atoms with Gasteiger partial charge in [-0.2, -0.15) is 31.3 Å². The zero-order valence-corrected chi connectivity index (χ0v) is 20.9.